The van der Waals surface area contributed by atoms with E-state index < -0.39 is 0 Å². The second-order valence-electron chi connectivity index (χ2n) is 6.20. The smallest absolute Gasteiger partial charge is 0.226 e. The number of hydrogen-bond acceptors (Lipinski definition) is 2. The lowest BCUT2D eigenvalue weighted by Crippen LogP contribution is -2.44. The Bertz CT molecular complexity index is 507. The number of rotatable bonds is 6. The average Bonchev–Trinajstić information content (AvgIpc) is 3.35. The summed E-state index contributed by atoms with van der Waals surface area (Å²) in [5.41, 5.74) is 7.42. The van der Waals surface area contributed by atoms with E-state index in [1.54, 1.807) is 6.08 Å². The van der Waals surface area contributed by atoms with E-state index in [0.29, 0.717) is 24.9 Å². The van der Waals surface area contributed by atoms with Crippen LogP contribution in [-0.4, -0.2) is 28.9 Å². The fraction of sp³-hybridized carbons (Fsp3) is 0.471. The van der Waals surface area contributed by atoms with Crippen molar-refractivity contribution in [1.82, 2.24) is 4.90 Å². The monoisotopic (exact) mass is 270 g/mol. The topological polar surface area (TPSA) is 46.3 Å². The Kier molecular flexibility index (Phi) is 3.38. The first-order valence-electron chi connectivity index (χ1n) is 7.37. The van der Waals surface area contributed by atoms with Gasteiger partial charge >= 0.3 is 0 Å². The first kappa shape index (κ1) is 13.4. The van der Waals surface area contributed by atoms with E-state index in [0.717, 1.165) is 19.3 Å². The van der Waals surface area contributed by atoms with E-state index in [1.807, 2.05) is 11.0 Å². The van der Waals surface area contributed by atoms with E-state index in [2.05, 4.69) is 30.8 Å². The third-order valence-corrected chi connectivity index (χ3v) is 4.40. The molecule has 3 nitrogen and oxygen atoms in total. The molecule has 20 heavy (non-hydrogen) atoms. The predicted molar refractivity (Wildman–Crippen MR) is 80.3 cm³/mol. The molecule has 0 saturated heterocycles. The summed E-state index contributed by atoms with van der Waals surface area (Å²) in [5.74, 6) is 0.646. The minimum Gasteiger partial charge on any atom is -0.337 e. The zero-order chi connectivity index (χ0) is 14.2. The molecule has 0 bridgehead atoms. The largest absolute Gasteiger partial charge is 0.337 e. The van der Waals surface area contributed by atoms with Gasteiger partial charge in [-0.3, -0.25) is 4.79 Å². The van der Waals surface area contributed by atoms with Crippen molar-refractivity contribution in [3.63, 3.8) is 0 Å². The molecule has 2 saturated carbocycles. The van der Waals surface area contributed by atoms with Gasteiger partial charge in [0.15, 0.2) is 0 Å². The van der Waals surface area contributed by atoms with Gasteiger partial charge in [0.2, 0.25) is 5.91 Å². The third-order valence-electron chi connectivity index (χ3n) is 4.40. The second-order valence-corrected chi connectivity index (χ2v) is 6.20. The number of benzene rings is 1. The van der Waals surface area contributed by atoms with Crippen LogP contribution in [0.4, 0.5) is 0 Å². The molecule has 2 aliphatic carbocycles. The zero-order valence-corrected chi connectivity index (χ0v) is 11.8. The van der Waals surface area contributed by atoms with Crippen LogP contribution in [0, 0.1) is 0 Å². The lowest BCUT2D eigenvalue weighted by molar-refractivity contribution is -0.131. The summed E-state index contributed by atoms with van der Waals surface area (Å²) in [6.07, 6.45) is 5.23. The van der Waals surface area contributed by atoms with Crippen LogP contribution in [0.3, 0.4) is 0 Å². The molecule has 1 aromatic carbocycles. The molecular weight excluding hydrogens is 248 g/mol. The second kappa shape index (κ2) is 5.06. The van der Waals surface area contributed by atoms with Crippen LogP contribution in [0.15, 0.2) is 43.0 Å². The molecule has 0 radical (unpaired) electrons. The van der Waals surface area contributed by atoms with Crippen molar-refractivity contribution >= 4 is 5.91 Å². The minimum atomic E-state index is -0.124. The van der Waals surface area contributed by atoms with Gasteiger partial charge in [0.05, 0.1) is 0 Å². The van der Waals surface area contributed by atoms with E-state index in [-0.39, 0.29) is 11.4 Å². The number of hydrogen-bond donors (Lipinski definition) is 1. The van der Waals surface area contributed by atoms with E-state index in [4.69, 9.17) is 5.73 Å². The Morgan fingerprint density at radius 1 is 1.40 bits per heavy atom. The Balaban J connectivity index is 1.70. The molecule has 3 rings (SSSR count). The molecule has 1 aromatic rings. The number of nitrogens with zero attached hydrogens (tertiary/aromatic N) is 1. The van der Waals surface area contributed by atoms with Crippen LogP contribution in [0.1, 0.15) is 37.2 Å². The highest BCUT2D eigenvalue weighted by molar-refractivity contribution is 5.78. The fourth-order valence-electron chi connectivity index (χ4n) is 2.87. The Labute approximate surface area is 120 Å². The summed E-state index contributed by atoms with van der Waals surface area (Å²) in [6.45, 7) is 4.38. The van der Waals surface area contributed by atoms with E-state index in [9.17, 15) is 4.79 Å². The highest BCUT2D eigenvalue weighted by atomic mass is 16.2. The number of amides is 1. The van der Waals surface area contributed by atoms with Crippen LogP contribution >= 0.6 is 0 Å². The van der Waals surface area contributed by atoms with Gasteiger partial charge in [0.25, 0.3) is 0 Å². The molecule has 2 fully saturated rings. The maximum atomic E-state index is 12.3. The first-order chi connectivity index (χ1) is 9.63. The van der Waals surface area contributed by atoms with Crippen LogP contribution < -0.4 is 5.73 Å². The van der Waals surface area contributed by atoms with Gasteiger partial charge in [-0.05, 0) is 24.8 Å². The Morgan fingerprint density at radius 3 is 2.70 bits per heavy atom. The maximum Gasteiger partial charge on any atom is 0.226 e. The quantitative estimate of drug-likeness (QED) is 0.807. The summed E-state index contributed by atoms with van der Waals surface area (Å²) >= 11 is 0. The third kappa shape index (κ3) is 2.78. The molecule has 1 unspecified atom stereocenters. The van der Waals surface area contributed by atoms with Crippen LogP contribution in [-0.2, 0) is 4.79 Å². The molecule has 3 heteroatoms. The summed E-state index contributed by atoms with van der Waals surface area (Å²) in [6, 6.07) is 10.8. The molecule has 2 N–H and O–H groups in total. The molecule has 0 aliphatic heterocycles. The minimum absolute atomic E-state index is 0.124. The van der Waals surface area contributed by atoms with E-state index >= 15 is 0 Å². The lowest BCUT2D eigenvalue weighted by Gasteiger charge is -2.26. The van der Waals surface area contributed by atoms with Crippen molar-refractivity contribution in [1.29, 1.82) is 0 Å². The van der Waals surface area contributed by atoms with Gasteiger partial charge in [-0.2, -0.15) is 0 Å². The van der Waals surface area contributed by atoms with E-state index in [1.165, 1.54) is 5.56 Å². The van der Waals surface area contributed by atoms with Crippen LogP contribution in [0.25, 0.3) is 0 Å². The fourth-order valence-corrected chi connectivity index (χ4v) is 2.87. The first-order valence-corrected chi connectivity index (χ1v) is 7.37. The summed E-state index contributed by atoms with van der Waals surface area (Å²) in [7, 11) is 0. The Morgan fingerprint density at radius 2 is 2.10 bits per heavy atom. The van der Waals surface area contributed by atoms with Crippen molar-refractivity contribution in [3.05, 3.63) is 48.6 Å². The van der Waals surface area contributed by atoms with Crippen LogP contribution in [0.5, 0.6) is 0 Å². The van der Waals surface area contributed by atoms with Gasteiger partial charge in [-0.25, -0.2) is 0 Å². The van der Waals surface area contributed by atoms with Crippen molar-refractivity contribution in [2.45, 2.75) is 43.2 Å². The normalized spacial score (nSPS) is 25.9. The van der Waals surface area contributed by atoms with Crippen LogP contribution in [0.2, 0.25) is 0 Å². The number of carbonyl (C=O) groups excluding carboxylic acids is 1. The molecule has 0 spiro atoms. The van der Waals surface area contributed by atoms with Gasteiger partial charge in [0.1, 0.15) is 0 Å². The summed E-state index contributed by atoms with van der Waals surface area (Å²) in [5, 5.41) is 0. The van der Waals surface area contributed by atoms with Gasteiger partial charge in [-0.1, -0.05) is 36.4 Å². The van der Waals surface area contributed by atoms with Gasteiger partial charge in [-0.15, -0.1) is 6.58 Å². The standard InChI is InChI=1S/C17H22N2O/c1-2-6-16(20)19(12-17(18)9-10-17)15-11-14(15)13-7-4-3-5-8-13/h2-5,7-8,14-15H,1,6,9-12,18H2/t14-,15?/m1/s1. The lowest BCUT2D eigenvalue weighted by atomic mass is 10.1. The predicted octanol–water partition coefficient (Wildman–Crippen LogP) is 2.44. The maximum absolute atomic E-state index is 12.3. The molecule has 106 valence electrons. The highest BCUT2D eigenvalue weighted by Crippen LogP contribution is 2.46. The van der Waals surface area contributed by atoms with Gasteiger partial charge in [0, 0.05) is 30.5 Å². The zero-order valence-electron chi connectivity index (χ0n) is 11.8. The van der Waals surface area contributed by atoms with Crippen molar-refractivity contribution < 1.29 is 4.79 Å². The molecular formula is C17H22N2O. The SMILES string of the molecule is C=CCC(=O)N(CC1(N)CC1)C1C[C@@H]1c1ccccc1. The Hall–Kier alpha value is -1.61. The number of carbonyl (C=O) groups is 1. The molecule has 1 amide bonds. The molecule has 0 aromatic heterocycles. The van der Waals surface area contributed by atoms with Gasteiger partial charge < -0.3 is 10.6 Å². The van der Waals surface area contributed by atoms with Crippen molar-refractivity contribution in [3.8, 4) is 0 Å². The van der Waals surface area contributed by atoms with Crippen molar-refractivity contribution in [2.24, 2.45) is 5.73 Å². The summed E-state index contributed by atoms with van der Waals surface area (Å²) < 4.78 is 0. The molecule has 2 atom stereocenters. The molecule has 2 aliphatic rings. The summed E-state index contributed by atoms with van der Waals surface area (Å²) in [4.78, 5) is 14.3. The molecule has 0 heterocycles. The van der Waals surface area contributed by atoms with Crippen molar-refractivity contribution in [2.75, 3.05) is 6.54 Å². The average molecular weight is 270 g/mol. The number of nitrogens with two attached hydrogens (primary N) is 1. The highest BCUT2D eigenvalue weighted by Gasteiger charge is 2.49.